The molecule has 0 saturated heterocycles. The maximum atomic E-state index is 14.0. The van der Waals surface area contributed by atoms with Crippen molar-refractivity contribution in [1.82, 2.24) is 5.43 Å². The average molecular weight is 294 g/mol. The van der Waals surface area contributed by atoms with E-state index in [9.17, 15) is 9.18 Å². The number of halogens is 1. The fourth-order valence-corrected chi connectivity index (χ4v) is 3.02. The topological polar surface area (TPSA) is 64.3 Å². The number of amides is 1. The second-order valence-electron chi connectivity index (χ2n) is 4.13. The highest BCUT2D eigenvalue weighted by Crippen LogP contribution is 2.33. The Kier molecular flexibility index (Phi) is 4.84. The maximum absolute atomic E-state index is 14.0. The molecule has 0 aliphatic carbocycles. The number of thiophene rings is 1. The molecule has 0 spiro atoms. The summed E-state index contributed by atoms with van der Waals surface area (Å²) >= 11 is 1.20. The molecule has 3 N–H and O–H groups in total. The van der Waals surface area contributed by atoms with Crippen molar-refractivity contribution in [2.45, 2.75) is 13.0 Å². The third-order valence-corrected chi connectivity index (χ3v) is 4.01. The molecule has 0 unspecified atom stereocenters. The minimum absolute atomic E-state index is 0.164. The molecule has 4 nitrogen and oxygen atoms in total. The predicted molar refractivity (Wildman–Crippen MR) is 77.9 cm³/mol. The van der Waals surface area contributed by atoms with Gasteiger partial charge in [-0.25, -0.2) is 10.2 Å². The number of ether oxygens (including phenoxy) is 1. The van der Waals surface area contributed by atoms with Crippen molar-refractivity contribution in [1.29, 1.82) is 0 Å². The molecule has 0 radical (unpaired) electrons. The van der Waals surface area contributed by atoms with Gasteiger partial charge in [0.25, 0.3) is 5.91 Å². The number of nitrogen functional groups attached to an aromatic ring is 1. The van der Waals surface area contributed by atoms with Crippen molar-refractivity contribution in [3.63, 3.8) is 0 Å². The van der Waals surface area contributed by atoms with Crippen LogP contribution >= 0.6 is 11.3 Å². The minimum atomic E-state index is -0.437. The molecule has 0 atom stereocenters. The molecular weight excluding hydrogens is 279 g/mol. The first kappa shape index (κ1) is 14.6. The normalized spacial score (nSPS) is 10.7. The van der Waals surface area contributed by atoms with Crippen molar-refractivity contribution < 1.29 is 13.9 Å². The van der Waals surface area contributed by atoms with Gasteiger partial charge < -0.3 is 4.74 Å². The summed E-state index contributed by atoms with van der Waals surface area (Å²) in [4.78, 5) is 12.2. The molecular formula is C14H15FN2O2S. The summed E-state index contributed by atoms with van der Waals surface area (Å²) < 4.78 is 20.1. The molecule has 1 amide bonds. The number of benzene rings is 1. The van der Waals surface area contributed by atoms with Crippen LogP contribution in [-0.2, 0) is 11.3 Å². The summed E-state index contributed by atoms with van der Waals surface area (Å²) in [5.74, 6) is 4.37. The molecule has 1 aromatic heterocycles. The molecule has 20 heavy (non-hydrogen) atoms. The largest absolute Gasteiger partial charge is 0.376 e. The summed E-state index contributed by atoms with van der Waals surface area (Å²) in [7, 11) is 0. The van der Waals surface area contributed by atoms with Crippen LogP contribution < -0.4 is 11.3 Å². The van der Waals surface area contributed by atoms with Crippen LogP contribution in [0.25, 0.3) is 10.1 Å². The highest BCUT2D eigenvalue weighted by atomic mass is 32.1. The lowest BCUT2D eigenvalue weighted by Crippen LogP contribution is -2.30. The van der Waals surface area contributed by atoms with E-state index in [1.807, 2.05) is 0 Å². The third-order valence-electron chi connectivity index (χ3n) is 2.81. The number of carbonyl (C=O) groups excluding carboxylic acids is 1. The standard InChI is InChI=1S/C14H15FN2O2S/c1-2-3-7-19-8-9-12-10(15)5-4-6-11(12)20-13(9)14(18)17-16/h2,4-6H,1,3,7-8,16H2,(H,17,18). The zero-order valence-electron chi connectivity index (χ0n) is 10.8. The van der Waals surface area contributed by atoms with E-state index in [2.05, 4.69) is 12.0 Å². The number of hydrazine groups is 1. The lowest BCUT2D eigenvalue weighted by Gasteiger charge is -2.05. The third kappa shape index (κ3) is 2.87. The highest BCUT2D eigenvalue weighted by Gasteiger charge is 2.20. The van der Waals surface area contributed by atoms with Gasteiger partial charge in [0.1, 0.15) is 10.7 Å². The van der Waals surface area contributed by atoms with Crippen molar-refractivity contribution >= 4 is 27.3 Å². The van der Waals surface area contributed by atoms with Crippen LogP contribution in [0.4, 0.5) is 4.39 Å². The first-order valence-corrected chi connectivity index (χ1v) is 6.90. The zero-order chi connectivity index (χ0) is 14.5. The van der Waals surface area contributed by atoms with E-state index in [4.69, 9.17) is 10.6 Å². The van der Waals surface area contributed by atoms with E-state index >= 15 is 0 Å². The van der Waals surface area contributed by atoms with Gasteiger partial charge in [-0.1, -0.05) is 12.1 Å². The van der Waals surface area contributed by atoms with Gasteiger partial charge >= 0.3 is 0 Å². The molecule has 0 aliphatic heterocycles. The number of rotatable bonds is 6. The van der Waals surface area contributed by atoms with Crippen molar-refractivity contribution in [3.8, 4) is 0 Å². The van der Waals surface area contributed by atoms with Gasteiger partial charge in [0.05, 0.1) is 13.2 Å². The van der Waals surface area contributed by atoms with Crippen LogP contribution in [-0.4, -0.2) is 12.5 Å². The minimum Gasteiger partial charge on any atom is -0.376 e. The Morgan fingerprint density at radius 1 is 1.55 bits per heavy atom. The number of nitrogens with one attached hydrogen (secondary N) is 1. The second kappa shape index (κ2) is 6.60. The highest BCUT2D eigenvalue weighted by molar-refractivity contribution is 7.21. The molecule has 0 aliphatic rings. The van der Waals surface area contributed by atoms with Gasteiger partial charge in [-0.2, -0.15) is 0 Å². The van der Waals surface area contributed by atoms with E-state index in [0.29, 0.717) is 33.6 Å². The summed E-state index contributed by atoms with van der Waals surface area (Å²) in [5.41, 5.74) is 2.62. The fourth-order valence-electron chi connectivity index (χ4n) is 1.89. The van der Waals surface area contributed by atoms with Crippen LogP contribution in [0.3, 0.4) is 0 Å². The van der Waals surface area contributed by atoms with Crippen LogP contribution in [0.2, 0.25) is 0 Å². The summed E-state index contributed by atoms with van der Waals surface area (Å²) in [6.07, 6.45) is 2.43. The van der Waals surface area contributed by atoms with Crippen LogP contribution in [0.1, 0.15) is 21.7 Å². The molecule has 2 rings (SSSR count). The van der Waals surface area contributed by atoms with Crippen molar-refractivity contribution in [3.05, 3.63) is 47.1 Å². The van der Waals surface area contributed by atoms with Gasteiger partial charge in [-0.15, -0.1) is 17.9 Å². The molecule has 6 heteroatoms. The molecule has 0 bridgehead atoms. The number of nitrogens with two attached hydrogens (primary N) is 1. The SMILES string of the molecule is C=CCCOCc1c(C(=O)NN)sc2cccc(F)c12. The Bertz CT molecular complexity index is 639. The Morgan fingerprint density at radius 3 is 3.05 bits per heavy atom. The first-order valence-electron chi connectivity index (χ1n) is 6.08. The fraction of sp³-hybridized carbons (Fsp3) is 0.214. The predicted octanol–water partition coefficient (Wildman–Crippen LogP) is 2.74. The van der Waals surface area contributed by atoms with Crippen molar-refractivity contribution in [2.75, 3.05) is 6.61 Å². The lowest BCUT2D eigenvalue weighted by molar-refractivity contribution is 0.0947. The summed E-state index contributed by atoms with van der Waals surface area (Å²) in [6.45, 7) is 4.24. The monoisotopic (exact) mass is 294 g/mol. The van der Waals surface area contributed by atoms with E-state index in [0.717, 1.165) is 0 Å². The zero-order valence-corrected chi connectivity index (χ0v) is 11.6. The number of hydrogen-bond donors (Lipinski definition) is 2. The van der Waals surface area contributed by atoms with Gasteiger partial charge in [0.2, 0.25) is 0 Å². The molecule has 1 aromatic carbocycles. The smallest absolute Gasteiger partial charge is 0.275 e. The van der Waals surface area contributed by atoms with Gasteiger partial charge in [0, 0.05) is 15.6 Å². The van der Waals surface area contributed by atoms with Crippen LogP contribution in [0.5, 0.6) is 0 Å². The molecule has 1 heterocycles. The maximum Gasteiger partial charge on any atom is 0.275 e. The Morgan fingerprint density at radius 2 is 2.35 bits per heavy atom. The quantitative estimate of drug-likeness (QED) is 0.283. The average Bonchev–Trinajstić information content (AvgIpc) is 2.83. The molecule has 0 saturated carbocycles. The Hall–Kier alpha value is -1.76. The Labute approximate surface area is 120 Å². The molecule has 2 aromatic rings. The summed E-state index contributed by atoms with van der Waals surface area (Å²) in [6, 6.07) is 4.75. The van der Waals surface area contributed by atoms with Crippen LogP contribution in [0.15, 0.2) is 30.9 Å². The van der Waals surface area contributed by atoms with Gasteiger partial charge in [0.15, 0.2) is 0 Å². The lowest BCUT2D eigenvalue weighted by atomic mass is 10.1. The van der Waals surface area contributed by atoms with E-state index in [1.54, 1.807) is 18.2 Å². The molecule has 106 valence electrons. The van der Waals surface area contributed by atoms with E-state index < -0.39 is 5.91 Å². The second-order valence-corrected chi connectivity index (χ2v) is 5.18. The first-order chi connectivity index (χ1) is 9.69. The number of hydrogen-bond acceptors (Lipinski definition) is 4. The van der Waals surface area contributed by atoms with Crippen molar-refractivity contribution in [2.24, 2.45) is 5.84 Å². The van der Waals surface area contributed by atoms with Crippen LogP contribution in [0, 0.1) is 5.82 Å². The van der Waals surface area contributed by atoms with E-state index in [-0.39, 0.29) is 12.4 Å². The molecule has 0 fully saturated rings. The Balaban J connectivity index is 2.41. The number of carbonyl (C=O) groups is 1. The van der Waals surface area contributed by atoms with Gasteiger partial charge in [-0.3, -0.25) is 10.2 Å². The summed E-state index contributed by atoms with van der Waals surface area (Å²) in [5, 5.41) is 0.426. The number of fused-ring (bicyclic) bond motifs is 1. The van der Waals surface area contributed by atoms with Gasteiger partial charge in [-0.05, 0) is 18.6 Å². The van der Waals surface area contributed by atoms with E-state index in [1.165, 1.54) is 17.4 Å².